The van der Waals surface area contributed by atoms with Crippen LogP contribution >= 0.6 is 0 Å². The minimum Gasteiger partial charge on any atom is -0.373 e. The average Bonchev–Trinajstić information content (AvgIpc) is 2.27. The molecule has 1 saturated heterocycles. The molecule has 4 heteroatoms. The van der Waals surface area contributed by atoms with Gasteiger partial charge in [0.1, 0.15) is 6.10 Å². The smallest absolute Gasteiger partial charge is 0.184 e. The summed E-state index contributed by atoms with van der Waals surface area (Å²) in [5.74, 6) is -0.00795. The SMILES string of the molecule is CC1CCC(OC2C=CC(=O)C(C)O2)C(C)O1. The van der Waals surface area contributed by atoms with Crippen molar-refractivity contribution in [1.82, 2.24) is 0 Å². The lowest BCUT2D eigenvalue weighted by molar-refractivity contribution is -0.212. The normalized spacial score (nSPS) is 42.8. The monoisotopic (exact) mass is 240 g/mol. The minimum absolute atomic E-state index is 0.00795. The summed E-state index contributed by atoms with van der Waals surface area (Å²) in [7, 11) is 0. The van der Waals surface area contributed by atoms with E-state index in [0.717, 1.165) is 12.8 Å². The molecule has 0 radical (unpaired) electrons. The Hall–Kier alpha value is -0.710. The first-order chi connectivity index (χ1) is 8.06. The van der Waals surface area contributed by atoms with E-state index in [2.05, 4.69) is 6.92 Å². The summed E-state index contributed by atoms with van der Waals surface area (Å²) in [6.07, 6.45) is 4.76. The van der Waals surface area contributed by atoms with Gasteiger partial charge in [-0.25, -0.2) is 0 Å². The van der Waals surface area contributed by atoms with Crippen LogP contribution in [0.1, 0.15) is 33.6 Å². The van der Waals surface area contributed by atoms with Gasteiger partial charge in [-0.2, -0.15) is 0 Å². The van der Waals surface area contributed by atoms with Gasteiger partial charge in [-0.1, -0.05) is 0 Å². The molecule has 0 aliphatic carbocycles. The zero-order valence-electron chi connectivity index (χ0n) is 10.6. The summed E-state index contributed by atoms with van der Waals surface area (Å²) >= 11 is 0. The number of carbonyl (C=O) groups excluding carboxylic acids is 1. The molecule has 2 aliphatic heterocycles. The predicted octanol–water partition coefficient (Wildman–Crippen LogP) is 1.83. The molecule has 2 rings (SSSR count). The quantitative estimate of drug-likeness (QED) is 0.738. The van der Waals surface area contributed by atoms with E-state index >= 15 is 0 Å². The van der Waals surface area contributed by atoms with Crippen molar-refractivity contribution in [2.75, 3.05) is 0 Å². The zero-order chi connectivity index (χ0) is 12.4. The van der Waals surface area contributed by atoms with Gasteiger partial charge >= 0.3 is 0 Å². The third-order valence-corrected chi connectivity index (χ3v) is 3.29. The molecule has 2 heterocycles. The number of hydrogen-bond acceptors (Lipinski definition) is 4. The van der Waals surface area contributed by atoms with Crippen LogP contribution in [0.2, 0.25) is 0 Å². The molecule has 17 heavy (non-hydrogen) atoms. The molecule has 0 aromatic rings. The third-order valence-electron chi connectivity index (χ3n) is 3.29. The van der Waals surface area contributed by atoms with Crippen LogP contribution in [0.3, 0.4) is 0 Å². The Labute approximate surface area is 102 Å². The first kappa shape index (κ1) is 12.7. The molecular formula is C13H20O4. The summed E-state index contributed by atoms with van der Waals surface area (Å²) in [5.41, 5.74) is 0. The predicted molar refractivity (Wildman–Crippen MR) is 62.6 cm³/mol. The number of ether oxygens (including phenoxy) is 3. The Balaban J connectivity index is 1.89. The Morgan fingerprint density at radius 2 is 2.00 bits per heavy atom. The average molecular weight is 240 g/mol. The molecule has 0 saturated carbocycles. The van der Waals surface area contributed by atoms with Crippen molar-refractivity contribution >= 4 is 5.78 Å². The third kappa shape index (κ3) is 3.15. The van der Waals surface area contributed by atoms with Crippen LogP contribution in [-0.2, 0) is 19.0 Å². The minimum atomic E-state index is -0.424. The van der Waals surface area contributed by atoms with E-state index in [1.165, 1.54) is 6.08 Å². The van der Waals surface area contributed by atoms with Gasteiger partial charge in [0.15, 0.2) is 12.1 Å². The molecule has 5 atom stereocenters. The van der Waals surface area contributed by atoms with Crippen molar-refractivity contribution in [2.45, 2.75) is 64.3 Å². The van der Waals surface area contributed by atoms with Crippen LogP contribution in [0.25, 0.3) is 0 Å². The maximum atomic E-state index is 11.2. The van der Waals surface area contributed by atoms with E-state index in [1.807, 2.05) is 6.92 Å². The number of ketones is 1. The second kappa shape index (κ2) is 5.29. The van der Waals surface area contributed by atoms with E-state index in [1.54, 1.807) is 13.0 Å². The lowest BCUT2D eigenvalue weighted by Crippen LogP contribution is -2.41. The molecule has 0 bridgehead atoms. The standard InChI is InChI=1S/C13H20O4/c1-8-4-6-12(10(3)15-8)17-13-7-5-11(14)9(2)16-13/h5,7-10,12-13H,4,6H2,1-3H3. The van der Waals surface area contributed by atoms with Crippen molar-refractivity contribution in [3.05, 3.63) is 12.2 Å². The summed E-state index contributed by atoms with van der Waals surface area (Å²) in [5, 5.41) is 0. The van der Waals surface area contributed by atoms with Crippen molar-refractivity contribution in [3.63, 3.8) is 0 Å². The molecule has 0 amide bonds. The van der Waals surface area contributed by atoms with Crippen LogP contribution in [0.4, 0.5) is 0 Å². The second-order valence-corrected chi connectivity index (χ2v) is 4.81. The molecule has 0 N–H and O–H groups in total. The highest BCUT2D eigenvalue weighted by atomic mass is 16.7. The van der Waals surface area contributed by atoms with E-state index in [9.17, 15) is 4.79 Å². The van der Waals surface area contributed by atoms with Gasteiger partial charge in [0.05, 0.1) is 18.3 Å². The summed E-state index contributed by atoms with van der Waals surface area (Å²) in [6, 6.07) is 0. The summed E-state index contributed by atoms with van der Waals surface area (Å²) in [6.45, 7) is 5.83. The molecular weight excluding hydrogens is 220 g/mol. The molecule has 1 fully saturated rings. The van der Waals surface area contributed by atoms with Crippen molar-refractivity contribution in [1.29, 1.82) is 0 Å². The largest absolute Gasteiger partial charge is 0.373 e. The van der Waals surface area contributed by atoms with Gasteiger partial charge < -0.3 is 14.2 Å². The number of hydrogen-bond donors (Lipinski definition) is 0. The van der Waals surface area contributed by atoms with Gasteiger partial charge in [-0.15, -0.1) is 0 Å². The Kier molecular flexibility index (Phi) is 3.97. The fraction of sp³-hybridized carbons (Fsp3) is 0.769. The Bertz CT molecular complexity index is 313. The van der Waals surface area contributed by atoms with Crippen LogP contribution in [0.5, 0.6) is 0 Å². The number of rotatable bonds is 2. The van der Waals surface area contributed by atoms with Crippen LogP contribution in [-0.4, -0.2) is 36.5 Å². The van der Waals surface area contributed by atoms with Crippen molar-refractivity contribution in [3.8, 4) is 0 Å². The van der Waals surface area contributed by atoms with Crippen molar-refractivity contribution < 1.29 is 19.0 Å². The maximum Gasteiger partial charge on any atom is 0.184 e. The first-order valence-electron chi connectivity index (χ1n) is 6.24. The Morgan fingerprint density at radius 3 is 2.65 bits per heavy atom. The highest BCUT2D eigenvalue weighted by molar-refractivity contribution is 5.93. The lowest BCUT2D eigenvalue weighted by Gasteiger charge is -2.35. The van der Waals surface area contributed by atoms with Gasteiger partial charge in [0, 0.05) is 0 Å². The van der Waals surface area contributed by atoms with Crippen LogP contribution in [0, 0.1) is 0 Å². The van der Waals surface area contributed by atoms with Crippen molar-refractivity contribution in [2.24, 2.45) is 0 Å². The van der Waals surface area contributed by atoms with Crippen LogP contribution in [0.15, 0.2) is 12.2 Å². The van der Waals surface area contributed by atoms with Gasteiger partial charge in [0.25, 0.3) is 0 Å². The van der Waals surface area contributed by atoms with E-state index in [4.69, 9.17) is 14.2 Å². The first-order valence-corrected chi connectivity index (χ1v) is 6.24. The summed E-state index contributed by atoms with van der Waals surface area (Å²) in [4.78, 5) is 11.2. The zero-order valence-corrected chi connectivity index (χ0v) is 10.6. The fourth-order valence-corrected chi connectivity index (χ4v) is 2.21. The molecule has 4 nitrogen and oxygen atoms in total. The fourth-order valence-electron chi connectivity index (χ4n) is 2.21. The van der Waals surface area contributed by atoms with E-state index < -0.39 is 12.4 Å². The van der Waals surface area contributed by atoms with E-state index in [0.29, 0.717) is 6.10 Å². The molecule has 96 valence electrons. The highest BCUT2D eigenvalue weighted by Crippen LogP contribution is 2.24. The molecule has 0 spiro atoms. The van der Waals surface area contributed by atoms with Gasteiger partial charge in [-0.05, 0) is 45.8 Å². The second-order valence-electron chi connectivity index (χ2n) is 4.81. The maximum absolute atomic E-state index is 11.2. The number of carbonyl (C=O) groups is 1. The molecule has 0 aromatic carbocycles. The highest BCUT2D eigenvalue weighted by Gasteiger charge is 2.30. The molecule has 5 unspecified atom stereocenters. The Morgan fingerprint density at radius 1 is 1.24 bits per heavy atom. The molecule has 0 aromatic heterocycles. The summed E-state index contributed by atoms with van der Waals surface area (Å²) < 4.78 is 17.0. The topological polar surface area (TPSA) is 44.8 Å². The van der Waals surface area contributed by atoms with Gasteiger partial charge in [-0.3, -0.25) is 4.79 Å². The van der Waals surface area contributed by atoms with Gasteiger partial charge in [0.2, 0.25) is 0 Å². The molecule has 2 aliphatic rings. The lowest BCUT2D eigenvalue weighted by atomic mass is 10.0. The van der Waals surface area contributed by atoms with E-state index in [-0.39, 0.29) is 18.0 Å². The van der Waals surface area contributed by atoms with Crippen LogP contribution < -0.4 is 0 Å².